The Morgan fingerprint density at radius 1 is 1.19 bits per heavy atom. The van der Waals surface area contributed by atoms with Crippen LogP contribution in [0.2, 0.25) is 0 Å². The molecule has 0 unspecified atom stereocenters. The Bertz CT molecular complexity index is 480. The van der Waals surface area contributed by atoms with Crippen LogP contribution >= 0.6 is 0 Å². The van der Waals surface area contributed by atoms with Crippen molar-refractivity contribution >= 4 is 0 Å². The molecule has 2 nitrogen and oxygen atoms in total. The summed E-state index contributed by atoms with van der Waals surface area (Å²) in [5.74, 6) is 0. The topological polar surface area (TPSA) is 36.7 Å². The third-order valence-electron chi connectivity index (χ3n) is 1.97. The summed E-state index contributed by atoms with van der Waals surface area (Å²) in [7, 11) is 0. The van der Waals surface area contributed by atoms with Crippen LogP contribution in [0.3, 0.4) is 0 Å². The van der Waals surface area contributed by atoms with Gasteiger partial charge in [-0.15, -0.1) is 11.6 Å². The van der Waals surface area contributed by atoms with Gasteiger partial charge in [0.2, 0.25) is 0 Å². The summed E-state index contributed by atoms with van der Waals surface area (Å²) in [5, 5.41) is 8.88. The van der Waals surface area contributed by atoms with Crippen molar-refractivity contribution < 1.29 is 36.5 Å². The van der Waals surface area contributed by atoms with Crippen molar-refractivity contribution in [2.45, 2.75) is 0 Å². The van der Waals surface area contributed by atoms with Crippen molar-refractivity contribution in [1.82, 2.24) is 4.98 Å². The van der Waals surface area contributed by atoms with Gasteiger partial charge in [-0.1, -0.05) is 48.3 Å². The zero-order valence-electron chi connectivity index (χ0n) is 8.52. The van der Waals surface area contributed by atoms with Crippen molar-refractivity contribution in [3.63, 3.8) is 0 Å². The molecule has 0 amide bonds. The molecule has 0 spiro atoms. The molecule has 0 atom stereocenters. The number of benzene rings is 1. The number of nitrogens with zero attached hydrogens (tertiary/aromatic N) is 2. The fourth-order valence-electron chi connectivity index (χ4n) is 1.30. The molecule has 0 saturated heterocycles. The van der Waals surface area contributed by atoms with Crippen molar-refractivity contribution in [3.8, 4) is 17.2 Å². The number of hydrogen-bond acceptors (Lipinski definition) is 2. The van der Waals surface area contributed by atoms with Gasteiger partial charge in [0.15, 0.2) is 0 Å². The van der Waals surface area contributed by atoms with Crippen LogP contribution in [-0.4, -0.2) is 4.98 Å². The first-order valence-electron chi connectivity index (χ1n) is 4.23. The molecule has 0 bridgehead atoms. The molecule has 0 saturated carbocycles. The Hall–Kier alpha value is -1.04. The maximum atomic E-state index is 8.88. The minimum Gasteiger partial charge on any atom is -1.00 e. The average molecular weight is 324 g/mol. The Kier molecular flexibility index (Phi) is 6.80. The van der Waals surface area contributed by atoms with Crippen LogP contribution in [0.1, 0.15) is 5.56 Å². The SMILES string of the molecule is N#Cc1cn[c-]cc1-c1ccccc1.[Br-].[Zn+2]. The number of hydrogen-bond donors (Lipinski definition) is 0. The first-order valence-corrected chi connectivity index (χ1v) is 4.23. The molecule has 2 rings (SSSR count). The standard InChI is InChI=1S/C12H7N2.BrH.Zn/c13-8-11-9-14-7-6-12(11)10-4-2-1-3-5-10;;/h1-6,9H;1H;/q-1;;+2/p-1. The molecule has 1 aromatic carbocycles. The minimum absolute atomic E-state index is 0. The van der Waals surface area contributed by atoms with Gasteiger partial charge in [0.05, 0.1) is 6.07 Å². The second-order valence-electron chi connectivity index (χ2n) is 2.84. The van der Waals surface area contributed by atoms with Crippen LogP contribution in [0, 0.1) is 17.5 Å². The van der Waals surface area contributed by atoms with Crippen molar-refractivity contribution in [1.29, 1.82) is 5.26 Å². The number of nitriles is 1. The van der Waals surface area contributed by atoms with Gasteiger partial charge >= 0.3 is 19.5 Å². The molecule has 1 heterocycles. The first-order chi connectivity index (χ1) is 6.92. The summed E-state index contributed by atoms with van der Waals surface area (Å²) in [6.07, 6.45) is 4.26. The van der Waals surface area contributed by atoms with Gasteiger partial charge in [-0.05, 0) is 5.56 Å². The van der Waals surface area contributed by atoms with E-state index in [0.29, 0.717) is 5.56 Å². The Morgan fingerprint density at radius 3 is 2.50 bits per heavy atom. The molecule has 4 heteroatoms. The van der Waals surface area contributed by atoms with E-state index in [4.69, 9.17) is 5.26 Å². The average Bonchev–Trinajstić information content (AvgIpc) is 2.30. The van der Waals surface area contributed by atoms with Gasteiger partial charge in [-0.3, -0.25) is 0 Å². The van der Waals surface area contributed by atoms with Crippen molar-refractivity contribution in [3.05, 3.63) is 54.4 Å². The molecule has 16 heavy (non-hydrogen) atoms. The Morgan fingerprint density at radius 2 is 1.88 bits per heavy atom. The van der Waals surface area contributed by atoms with Crippen molar-refractivity contribution in [2.75, 3.05) is 0 Å². The van der Waals surface area contributed by atoms with E-state index in [1.807, 2.05) is 30.3 Å². The van der Waals surface area contributed by atoms with E-state index in [1.165, 1.54) is 6.20 Å². The molecule has 0 aliphatic carbocycles. The molecule has 2 aromatic rings. The predicted molar refractivity (Wildman–Crippen MR) is 53.2 cm³/mol. The zero-order valence-corrected chi connectivity index (χ0v) is 13.1. The van der Waals surface area contributed by atoms with Gasteiger partial charge < -0.3 is 22.0 Å². The van der Waals surface area contributed by atoms with Crippen LogP contribution in [-0.2, 0) is 19.5 Å². The molecule has 0 fully saturated rings. The molecular weight excluding hydrogens is 317 g/mol. The quantitative estimate of drug-likeness (QED) is 0.520. The molecular formula is C12H7BrN2Zn. The van der Waals surface area contributed by atoms with E-state index in [0.717, 1.165) is 11.1 Å². The molecule has 0 aliphatic rings. The van der Waals surface area contributed by atoms with Crippen LogP contribution in [0.4, 0.5) is 0 Å². The van der Waals surface area contributed by atoms with Gasteiger partial charge in [0.1, 0.15) is 0 Å². The maximum Gasteiger partial charge on any atom is 2.00 e. The van der Waals surface area contributed by atoms with Crippen LogP contribution < -0.4 is 17.0 Å². The first kappa shape index (κ1) is 15.0. The van der Waals surface area contributed by atoms with E-state index in [9.17, 15) is 0 Å². The summed E-state index contributed by atoms with van der Waals surface area (Å²) in [5.41, 5.74) is 2.47. The molecule has 0 aliphatic heterocycles. The smallest absolute Gasteiger partial charge is 1.00 e. The third-order valence-corrected chi connectivity index (χ3v) is 1.97. The van der Waals surface area contributed by atoms with Gasteiger partial charge in [-0.25, -0.2) is 0 Å². The molecule has 0 N–H and O–H groups in total. The summed E-state index contributed by atoms with van der Waals surface area (Å²) in [6, 6.07) is 13.6. The fraction of sp³-hybridized carbons (Fsp3) is 0. The Labute approximate surface area is 118 Å². The maximum absolute atomic E-state index is 8.88. The summed E-state index contributed by atoms with van der Waals surface area (Å²) < 4.78 is 0. The normalized spacial score (nSPS) is 8.19. The molecule has 74 valence electrons. The largest absolute Gasteiger partial charge is 2.00 e. The van der Waals surface area contributed by atoms with Crippen LogP contribution in [0.25, 0.3) is 11.1 Å². The summed E-state index contributed by atoms with van der Waals surface area (Å²) in [6.45, 7) is 0. The fourth-order valence-corrected chi connectivity index (χ4v) is 1.30. The second kappa shape index (κ2) is 7.27. The van der Waals surface area contributed by atoms with Gasteiger partial charge in [0.25, 0.3) is 0 Å². The molecule has 1 aromatic heterocycles. The number of halogens is 1. The van der Waals surface area contributed by atoms with Crippen LogP contribution in [0.15, 0.2) is 42.6 Å². The monoisotopic (exact) mass is 322 g/mol. The minimum atomic E-state index is 0. The predicted octanol–water partition coefficient (Wildman–Crippen LogP) is -0.578. The van der Waals surface area contributed by atoms with Gasteiger partial charge in [-0.2, -0.15) is 5.26 Å². The Balaban J connectivity index is 0.00000112. The summed E-state index contributed by atoms with van der Waals surface area (Å²) >= 11 is 0. The van der Waals surface area contributed by atoms with E-state index >= 15 is 0 Å². The van der Waals surface area contributed by atoms with E-state index in [1.54, 1.807) is 6.07 Å². The van der Waals surface area contributed by atoms with Crippen molar-refractivity contribution in [2.24, 2.45) is 0 Å². The van der Waals surface area contributed by atoms with E-state index in [-0.39, 0.29) is 36.5 Å². The third kappa shape index (κ3) is 3.23. The summed E-state index contributed by atoms with van der Waals surface area (Å²) in [4.78, 5) is 3.79. The zero-order chi connectivity index (χ0) is 9.80. The number of pyridine rings is 1. The van der Waals surface area contributed by atoms with Gasteiger partial charge in [0, 0.05) is 0 Å². The second-order valence-corrected chi connectivity index (χ2v) is 2.84. The van der Waals surface area contributed by atoms with E-state index in [2.05, 4.69) is 17.3 Å². The number of rotatable bonds is 1. The number of aromatic nitrogens is 1. The van der Waals surface area contributed by atoms with E-state index < -0.39 is 0 Å². The molecule has 0 radical (unpaired) electrons. The van der Waals surface area contributed by atoms with Crippen LogP contribution in [0.5, 0.6) is 0 Å².